The maximum absolute atomic E-state index is 13.1. The zero-order valence-corrected chi connectivity index (χ0v) is 19.5. The second-order valence-corrected chi connectivity index (χ2v) is 9.19. The zero-order valence-electron chi connectivity index (χ0n) is 18.7. The third-order valence-electron chi connectivity index (χ3n) is 6.51. The fourth-order valence-corrected chi connectivity index (χ4v) is 5.29. The van der Waals surface area contributed by atoms with Crippen LogP contribution >= 0.6 is 11.3 Å². The third-order valence-corrected chi connectivity index (χ3v) is 7.39. The van der Waals surface area contributed by atoms with E-state index < -0.39 is 5.54 Å². The van der Waals surface area contributed by atoms with Gasteiger partial charge in [-0.25, -0.2) is 4.98 Å². The molecule has 1 fully saturated rings. The Balaban J connectivity index is 1.34. The summed E-state index contributed by atoms with van der Waals surface area (Å²) < 4.78 is 0. The minimum atomic E-state index is -0.691. The summed E-state index contributed by atoms with van der Waals surface area (Å²) in [6, 6.07) is 13.5. The van der Waals surface area contributed by atoms with Crippen molar-refractivity contribution in [3.05, 3.63) is 59.7 Å². The van der Waals surface area contributed by atoms with Crippen LogP contribution in [0.5, 0.6) is 0 Å². The molecule has 9 nitrogen and oxygen atoms in total. The number of H-pyrrole nitrogens is 1. The van der Waals surface area contributed by atoms with Gasteiger partial charge < -0.3 is 21.3 Å². The van der Waals surface area contributed by atoms with Crippen molar-refractivity contribution < 1.29 is 9.59 Å². The number of nitrogens with one attached hydrogen (secondary N) is 3. The molecule has 2 amide bonds. The molecule has 1 aliphatic rings. The van der Waals surface area contributed by atoms with Gasteiger partial charge in [0.25, 0.3) is 5.91 Å². The van der Waals surface area contributed by atoms with E-state index in [0.29, 0.717) is 37.3 Å². The number of hydrogen-bond acceptors (Lipinski definition) is 7. The van der Waals surface area contributed by atoms with Crippen molar-refractivity contribution >= 4 is 45.4 Å². The van der Waals surface area contributed by atoms with Crippen LogP contribution in [-0.2, 0) is 4.79 Å². The van der Waals surface area contributed by atoms with E-state index in [2.05, 4.69) is 30.7 Å². The first kappa shape index (κ1) is 22.1. The minimum Gasteiger partial charge on any atom is -0.370 e. The van der Waals surface area contributed by atoms with E-state index in [4.69, 9.17) is 5.73 Å². The number of carbonyl (C=O) groups excluding carboxylic acids is 2. The molecule has 10 heteroatoms. The highest BCUT2D eigenvalue weighted by Crippen LogP contribution is 2.33. The van der Waals surface area contributed by atoms with Crippen molar-refractivity contribution in [3.8, 4) is 10.6 Å². The predicted octanol–water partition coefficient (Wildman–Crippen LogP) is 2.98. The van der Waals surface area contributed by atoms with Crippen molar-refractivity contribution in [3.63, 3.8) is 0 Å². The summed E-state index contributed by atoms with van der Waals surface area (Å²) in [5.41, 5.74) is 8.77. The van der Waals surface area contributed by atoms with Gasteiger partial charge in [-0.15, -0.1) is 11.3 Å². The quantitative estimate of drug-likeness (QED) is 0.339. The Labute approximate surface area is 200 Å². The van der Waals surface area contributed by atoms with Crippen molar-refractivity contribution in [2.24, 2.45) is 5.73 Å². The fourth-order valence-electron chi connectivity index (χ4n) is 4.45. The highest BCUT2D eigenvalue weighted by Gasteiger charge is 2.38. The van der Waals surface area contributed by atoms with Gasteiger partial charge in [-0.05, 0) is 38.1 Å². The van der Waals surface area contributed by atoms with Crippen LogP contribution in [0.1, 0.15) is 23.3 Å². The molecule has 174 valence electrons. The Kier molecular flexibility index (Phi) is 5.76. The van der Waals surface area contributed by atoms with Gasteiger partial charge in [0.1, 0.15) is 16.2 Å². The smallest absolute Gasteiger partial charge is 0.275 e. The SMILES string of the molecule is CNC1(C(N)=O)CCN(c2ccccc2NC(=O)c2csc(-c3cccc4[nH]ncc34)n2)CC1. The standard InChI is InChI=1S/C24H25N7O2S/c1-26-24(23(25)33)9-11-31(12-10-24)20-8-3-2-6-18(20)28-21(32)19-14-34-22(29-19)15-5-4-7-17-16(15)13-27-30-17/h2-8,13-14,26H,9-12H2,1H3,(H2,25,33)(H,27,30)(H,28,32). The first-order valence-corrected chi connectivity index (χ1v) is 11.9. The number of likely N-dealkylation sites (N-methyl/N-ethyl adjacent to an activating group) is 1. The number of carbonyl (C=O) groups is 2. The number of primary amides is 1. The topological polar surface area (TPSA) is 129 Å². The molecule has 34 heavy (non-hydrogen) atoms. The first-order valence-electron chi connectivity index (χ1n) is 11.0. The van der Waals surface area contributed by atoms with Crippen LogP contribution in [-0.4, -0.2) is 52.7 Å². The molecule has 4 aromatic rings. The summed E-state index contributed by atoms with van der Waals surface area (Å²) in [7, 11) is 1.77. The molecule has 0 atom stereocenters. The lowest BCUT2D eigenvalue weighted by atomic mass is 9.86. The Morgan fingerprint density at radius 2 is 1.94 bits per heavy atom. The number of aromatic amines is 1. The van der Waals surface area contributed by atoms with Gasteiger partial charge in [-0.1, -0.05) is 24.3 Å². The van der Waals surface area contributed by atoms with Gasteiger partial charge in [0.05, 0.1) is 23.1 Å². The summed E-state index contributed by atoms with van der Waals surface area (Å²) in [6.07, 6.45) is 2.95. The summed E-state index contributed by atoms with van der Waals surface area (Å²) in [6.45, 7) is 1.29. The average molecular weight is 476 g/mol. The summed E-state index contributed by atoms with van der Waals surface area (Å²) in [4.78, 5) is 31.8. The summed E-state index contributed by atoms with van der Waals surface area (Å²) in [5.74, 6) is -0.602. The molecule has 0 spiro atoms. The molecule has 1 aliphatic heterocycles. The number of para-hydroxylation sites is 2. The van der Waals surface area contributed by atoms with Crippen molar-refractivity contribution in [2.45, 2.75) is 18.4 Å². The van der Waals surface area contributed by atoms with Crippen LogP contribution < -0.4 is 21.3 Å². The highest BCUT2D eigenvalue weighted by atomic mass is 32.1. The van der Waals surface area contributed by atoms with Crippen LogP contribution in [0.2, 0.25) is 0 Å². The van der Waals surface area contributed by atoms with Crippen molar-refractivity contribution in [2.75, 3.05) is 30.4 Å². The number of amides is 2. The number of benzene rings is 2. The second-order valence-electron chi connectivity index (χ2n) is 8.33. The molecule has 0 saturated carbocycles. The van der Waals surface area contributed by atoms with E-state index in [0.717, 1.165) is 27.2 Å². The maximum atomic E-state index is 13.1. The van der Waals surface area contributed by atoms with Crippen LogP contribution in [0.25, 0.3) is 21.5 Å². The Hall–Kier alpha value is -3.76. The number of anilines is 2. The molecule has 2 aromatic carbocycles. The average Bonchev–Trinajstić information content (AvgIpc) is 3.54. The lowest BCUT2D eigenvalue weighted by Gasteiger charge is -2.41. The van der Waals surface area contributed by atoms with Crippen LogP contribution in [0.15, 0.2) is 54.0 Å². The molecule has 3 heterocycles. The number of rotatable bonds is 6. The Morgan fingerprint density at radius 1 is 1.15 bits per heavy atom. The number of fused-ring (bicyclic) bond motifs is 1. The van der Waals surface area contributed by atoms with Crippen molar-refractivity contribution in [1.82, 2.24) is 20.5 Å². The van der Waals surface area contributed by atoms with E-state index in [1.807, 2.05) is 42.5 Å². The molecular weight excluding hydrogens is 450 g/mol. The Bertz CT molecular complexity index is 1350. The van der Waals surface area contributed by atoms with Gasteiger partial charge >= 0.3 is 0 Å². The molecule has 5 rings (SSSR count). The molecule has 1 saturated heterocycles. The second kappa shape index (κ2) is 8.88. The van der Waals surface area contributed by atoms with Gasteiger partial charge in [-0.3, -0.25) is 14.7 Å². The Morgan fingerprint density at radius 3 is 2.71 bits per heavy atom. The number of aromatic nitrogens is 3. The van der Waals surface area contributed by atoms with E-state index >= 15 is 0 Å². The van der Waals surface area contributed by atoms with E-state index in [9.17, 15) is 9.59 Å². The van der Waals surface area contributed by atoms with Gasteiger partial charge in [0.15, 0.2) is 0 Å². The molecular formula is C24H25N7O2S. The molecule has 0 radical (unpaired) electrons. The van der Waals surface area contributed by atoms with Crippen LogP contribution in [0, 0.1) is 0 Å². The van der Waals surface area contributed by atoms with E-state index in [1.165, 1.54) is 11.3 Å². The summed E-state index contributed by atoms with van der Waals surface area (Å²) >= 11 is 1.42. The molecule has 0 bridgehead atoms. The van der Waals surface area contributed by atoms with E-state index in [1.54, 1.807) is 18.6 Å². The third kappa shape index (κ3) is 3.91. The van der Waals surface area contributed by atoms with Gasteiger partial charge in [0.2, 0.25) is 5.91 Å². The van der Waals surface area contributed by atoms with Crippen LogP contribution in [0.3, 0.4) is 0 Å². The first-order chi connectivity index (χ1) is 16.5. The highest BCUT2D eigenvalue weighted by molar-refractivity contribution is 7.13. The number of nitrogens with two attached hydrogens (primary N) is 1. The minimum absolute atomic E-state index is 0.270. The van der Waals surface area contributed by atoms with Gasteiger partial charge in [0, 0.05) is 29.4 Å². The summed E-state index contributed by atoms with van der Waals surface area (Å²) in [5, 5.41) is 16.7. The predicted molar refractivity (Wildman–Crippen MR) is 134 cm³/mol. The maximum Gasteiger partial charge on any atom is 0.275 e. The molecule has 0 unspecified atom stereocenters. The largest absolute Gasteiger partial charge is 0.370 e. The lowest BCUT2D eigenvalue weighted by molar-refractivity contribution is -0.125. The van der Waals surface area contributed by atoms with Crippen molar-refractivity contribution in [1.29, 1.82) is 0 Å². The lowest BCUT2D eigenvalue weighted by Crippen LogP contribution is -2.59. The normalized spacial score (nSPS) is 15.4. The van der Waals surface area contributed by atoms with E-state index in [-0.39, 0.29) is 11.8 Å². The fraction of sp³-hybridized carbons (Fsp3) is 0.250. The van der Waals surface area contributed by atoms with Gasteiger partial charge in [-0.2, -0.15) is 5.10 Å². The monoisotopic (exact) mass is 475 g/mol. The molecule has 0 aliphatic carbocycles. The number of thiazole rings is 1. The molecule has 5 N–H and O–H groups in total. The van der Waals surface area contributed by atoms with Crippen LogP contribution in [0.4, 0.5) is 11.4 Å². The number of hydrogen-bond donors (Lipinski definition) is 4. The zero-order chi connectivity index (χ0) is 23.7. The number of piperidine rings is 1. The molecule has 2 aromatic heterocycles. The number of nitrogens with zero attached hydrogens (tertiary/aromatic N) is 3.